The van der Waals surface area contributed by atoms with E-state index in [0.29, 0.717) is 18.2 Å². The molecule has 0 bridgehead atoms. The first kappa shape index (κ1) is 16.6. The number of ether oxygens (including phenoxy) is 2. The third-order valence-corrected chi connectivity index (χ3v) is 4.41. The average molecular weight is 343 g/mol. The minimum Gasteiger partial charge on any atom is -0.349 e. The van der Waals surface area contributed by atoms with Crippen molar-refractivity contribution < 1.29 is 18.7 Å². The van der Waals surface area contributed by atoms with Crippen LogP contribution in [0.1, 0.15) is 19.3 Å². The fourth-order valence-electron chi connectivity index (χ4n) is 3.09. The summed E-state index contributed by atoms with van der Waals surface area (Å²) >= 11 is 5.84. The number of piperidine rings is 1. The standard InChI is InChI=1S/C16H20ClFN2O3/c17-11-4-5-12(18)13(9-11)19-15(21)10-20-6-2-1-3-14(20)16-22-7-8-23-16/h4-5,9,14,16H,1-3,6-8,10H2,(H,19,21). The van der Waals surface area contributed by atoms with Crippen LogP contribution in [0.4, 0.5) is 10.1 Å². The molecule has 23 heavy (non-hydrogen) atoms. The van der Waals surface area contributed by atoms with Gasteiger partial charge in [0.1, 0.15) is 5.82 Å². The molecule has 0 radical (unpaired) electrons. The predicted molar refractivity (Wildman–Crippen MR) is 84.9 cm³/mol. The van der Waals surface area contributed by atoms with Gasteiger partial charge in [-0.1, -0.05) is 18.0 Å². The molecule has 1 N–H and O–H groups in total. The Balaban J connectivity index is 1.62. The van der Waals surface area contributed by atoms with E-state index in [9.17, 15) is 9.18 Å². The Labute approximate surface area is 139 Å². The van der Waals surface area contributed by atoms with Gasteiger partial charge in [-0.15, -0.1) is 0 Å². The van der Waals surface area contributed by atoms with Crippen molar-refractivity contribution >= 4 is 23.2 Å². The number of benzene rings is 1. The molecule has 1 aromatic rings. The number of hydrogen-bond acceptors (Lipinski definition) is 4. The maximum atomic E-state index is 13.7. The summed E-state index contributed by atoms with van der Waals surface area (Å²) in [6.07, 6.45) is 2.78. The smallest absolute Gasteiger partial charge is 0.238 e. The Bertz CT molecular complexity index is 566. The zero-order chi connectivity index (χ0) is 16.2. The molecule has 7 heteroatoms. The Morgan fingerprint density at radius 1 is 1.35 bits per heavy atom. The number of carbonyl (C=O) groups excluding carboxylic acids is 1. The number of carbonyl (C=O) groups is 1. The first-order valence-corrected chi connectivity index (χ1v) is 8.23. The SMILES string of the molecule is O=C(CN1CCCCC1C1OCCO1)Nc1cc(Cl)ccc1F. The maximum Gasteiger partial charge on any atom is 0.238 e. The first-order chi connectivity index (χ1) is 11.1. The second kappa shape index (κ2) is 7.57. The fraction of sp³-hybridized carbons (Fsp3) is 0.562. The number of nitrogens with one attached hydrogen (secondary N) is 1. The van der Waals surface area contributed by atoms with Crippen LogP contribution >= 0.6 is 11.6 Å². The molecular formula is C16H20ClFN2O3. The lowest BCUT2D eigenvalue weighted by atomic mass is 10.0. The number of hydrogen-bond donors (Lipinski definition) is 1. The van der Waals surface area contributed by atoms with E-state index in [-0.39, 0.29) is 30.5 Å². The van der Waals surface area contributed by atoms with Crippen LogP contribution in [0.2, 0.25) is 5.02 Å². The van der Waals surface area contributed by atoms with Gasteiger partial charge in [0.2, 0.25) is 5.91 Å². The molecule has 1 aromatic carbocycles. The van der Waals surface area contributed by atoms with Crippen LogP contribution in [0.25, 0.3) is 0 Å². The zero-order valence-electron chi connectivity index (χ0n) is 12.8. The highest BCUT2D eigenvalue weighted by molar-refractivity contribution is 6.30. The number of anilines is 1. The van der Waals surface area contributed by atoms with Gasteiger partial charge in [-0.2, -0.15) is 0 Å². The Morgan fingerprint density at radius 3 is 2.91 bits per heavy atom. The lowest BCUT2D eigenvalue weighted by molar-refractivity contribution is -0.127. The van der Waals surface area contributed by atoms with Gasteiger partial charge in [0.05, 0.1) is 31.5 Å². The van der Waals surface area contributed by atoms with Crippen molar-refractivity contribution in [3.63, 3.8) is 0 Å². The quantitative estimate of drug-likeness (QED) is 0.914. The van der Waals surface area contributed by atoms with E-state index >= 15 is 0 Å². The van der Waals surface area contributed by atoms with Crippen molar-refractivity contribution in [3.8, 4) is 0 Å². The molecule has 1 amide bonds. The molecule has 2 fully saturated rings. The number of rotatable bonds is 4. The lowest BCUT2D eigenvalue weighted by Crippen LogP contribution is -2.50. The largest absolute Gasteiger partial charge is 0.349 e. The highest BCUT2D eigenvalue weighted by Crippen LogP contribution is 2.25. The molecule has 126 valence electrons. The number of halogens is 2. The Kier molecular flexibility index (Phi) is 5.48. The predicted octanol–water partition coefficient (Wildman–Crippen LogP) is 2.65. The molecule has 1 unspecified atom stereocenters. The molecule has 2 saturated heterocycles. The van der Waals surface area contributed by atoms with Crippen LogP contribution < -0.4 is 5.32 Å². The summed E-state index contributed by atoms with van der Waals surface area (Å²) in [7, 11) is 0. The molecule has 2 heterocycles. The fourth-order valence-corrected chi connectivity index (χ4v) is 3.26. The molecule has 0 saturated carbocycles. The highest BCUT2D eigenvalue weighted by Gasteiger charge is 2.34. The topological polar surface area (TPSA) is 50.8 Å². The zero-order valence-corrected chi connectivity index (χ0v) is 13.5. The third kappa shape index (κ3) is 4.20. The minimum atomic E-state index is -0.500. The van der Waals surface area contributed by atoms with Gasteiger partial charge in [-0.05, 0) is 37.6 Å². The third-order valence-electron chi connectivity index (χ3n) is 4.18. The van der Waals surface area contributed by atoms with E-state index in [1.807, 2.05) is 0 Å². The van der Waals surface area contributed by atoms with Crippen molar-refractivity contribution in [1.29, 1.82) is 0 Å². The molecular weight excluding hydrogens is 323 g/mol. The van der Waals surface area contributed by atoms with Gasteiger partial charge in [-0.3, -0.25) is 9.69 Å². The molecule has 2 aliphatic heterocycles. The second-order valence-electron chi connectivity index (χ2n) is 5.82. The summed E-state index contributed by atoms with van der Waals surface area (Å²) in [6, 6.07) is 4.16. The van der Waals surface area contributed by atoms with E-state index in [1.54, 1.807) is 0 Å². The van der Waals surface area contributed by atoms with Crippen molar-refractivity contribution in [2.75, 3.05) is 31.6 Å². The van der Waals surface area contributed by atoms with Gasteiger partial charge in [0.25, 0.3) is 0 Å². The number of likely N-dealkylation sites (tertiary alicyclic amines) is 1. The summed E-state index contributed by atoms with van der Waals surface area (Å²) in [5, 5.41) is 2.97. The van der Waals surface area contributed by atoms with Crippen LogP contribution in [0.5, 0.6) is 0 Å². The average Bonchev–Trinajstić information content (AvgIpc) is 3.05. The molecule has 0 spiro atoms. The summed E-state index contributed by atoms with van der Waals surface area (Å²) in [5.74, 6) is -0.767. The van der Waals surface area contributed by atoms with Gasteiger partial charge in [0.15, 0.2) is 6.29 Å². The summed E-state index contributed by atoms with van der Waals surface area (Å²) in [6.45, 7) is 2.17. The van der Waals surface area contributed by atoms with Gasteiger partial charge < -0.3 is 14.8 Å². The van der Waals surface area contributed by atoms with Gasteiger partial charge in [-0.25, -0.2) is 4.39 Å². The molecule has 5 nitrogen and oxygen atoms in total. The normalized spacial score (nSPS) is 23.1. The van der Waals surface area contributed by atoms with E-state index in [1.165, 1.54) is 18.2 Å². The second-order valence-corrected chi connectivity index (χ2v) is 6.25. The summed E-state index contributed by atoms with van der Waals surface area (Å²) in [5.41, 5.74) is 0.101. The number of amides is 1. The van der Waals surface area contributed by atoms with Crippen molar-refractivity contribution in [1.82, 2.24) is 4.90 Å². The van der Waals surface area contributed by atoms with Gasteiger partial charge in [0, 0.05) is 5.02 Å². The maximum absolute atomic E-state index is 13.7. The van der Waals surface area contributed by atoms with E-state index in [4.69, 9.17) is 21.1 Å². The van der Waals surface area contributed by atoms with Crippen LogP contribution in [-0.2, 0) is 14.3 Å². The van der Waals surface area contributed by atoms with Crippen LogP contribution in [-0.4, -0.2) is 49.4 Å². The van der Waals surface area contributed by atoms with Crippen molar-refractivity contribution in [3.05, 3.63) is 29.0 Å². The lowest BCUT2D eigenvalue weighted by Gasteiger charge is -2.37. The van der Waals surface area contributed by atoms with Crippen LogP contribution in [0.3, 0.4) is 0 Å². The van der Waals surface area contributed by atoms with Crippen LogP contribution in [0.15, 0.2) is 18.2 Å². The molecule has 3 rings (SSSR count). The van der Waals surface area contributed by atoms with Crippen molar-refractivity contribution in [2.45, 2.75) is 31.6 Å². The summed E-state index contributed by atoms with van der Waals surface area (Å²) < 4.78 is 24.9. The summed E-state index contributed by atoms with van der Waals surface area (Å²) in [4.78, 5) is 14.3. The van der Waals surface area contributed by atoms with Gasteiger partial charge >= 0.3 is 0 Å². The minimum absolute atomic E-state index is 0.0706. The van der Waals surface area contributed by atoms with E-state index < -0.39 is 5.82 Å². The van der Waals surface area contributed by atoms with Crippen molar-refractivity contribution in [2.24, 2.45) is 0 Å². The first-order valence-electron chi connectivity index (χ1n) is 7.85. The molecule has 0 aliphatic carbocycles. The van der Waals surface area contributed by atoms with E-state index in [2.05, 4.69) is 10.2 Å². The monoisotopic (exact) mass is 342 g/mol. The Hall–Kier alpha value is -1.21. The highest BCUT2D eigenvalue weighted by atomic mass is 35.5. The van der Waals surface area contributed by atoms with Crippen LogP contribution in [0, 0.1) is 5.82 Å². The van der Waals surface area contributed by atoms with E-state index in [0.717, 1.165) is 25.8 Å². The molecule has 1 atom stereocenters. The molecule has 2 aliphatic rings. The Morgan fingerprint density at radius 2 is 2.13 bits per heavy atom. The molecule has 0 aromatic heterocycles. The number of nitrogens with zero attached hydrogens (tertiary/aromatic N) is 1.